The molecule has 1 saturated heterocycles. The van der Waals surface area contributed by atoms with Crippen LogP contribution in [0.5, 0.6) is 0 Å². The maximum Gasteiger partial charge on any atom is 0.335 e. The number of carboxylic acids is 1. The number of unbranched alkanes of at least 4 members (excludes halogenated alkanes) is 25. The summed E-state index contributed by atoms with van der Waals surface area (Å²) in [5, 5.41) is 31.5. The number of carbonyl (C=O) groups is 4. The fraction of sp³-hybridized carbons (Fsp3) is 0.731. The van der Waals surface area contributed by atoms with Gasteiger partial charge in [-0.05, 0) is 116 Å². The average molecular weight is 1110 g/mol. The van der Waals surface area contributed by atoms with Gasteiger partial charge in [0.1, 0.15) is 18.8 Å². The standard InChI is InChI=1S/C67H112O12/c1-4-7-10-13-16-19-22-25-28-29-30-31-34-35-38-41-44-47-50-53-59(68)75-56-58(77-60(69)54-51-48-45-42-39-36-32-26-23-20-17-14-11-8-5-2)57-76-67-65(63(72)62(71)64(79-67)66(73)74)78-61(70)55-52-49-46-43-40-37-33-27-24-21-18-15-12-9-6-3/h8,11,16-17,19-20,25-28,30-33,58,62-65,67,71-72H,4-7,9-10,12-15,18,21-24,29,34-57H2,1-3H3,(H,73,74)/b11-8-,19-16-,20-17-,28-25-,31-30-,32-26-,33-27-. The summed E-state index contributed by atoms with van der Waals surface area (Å²) >= 11 is 0. The van der Waals surface area contributed by atoms with E-state index in [2.05, 4.69) is 106 Å². The van der Waals surface area contributed by atoms with Crippen molar-refractivity contribution >= 4 is 23.9 Å². The summed E-state index contributed by atoms with van der Waals surface area (Å²) in [5.74, 6) is -3.17. The van der Waals surface area contributed by atoms with Crippen molar-refractivity contribution in [2.45, 2.75) is 302 Å². The average Bonchev–Trinajstić information content (AvgIpc) is 3.46. The van der Waals surface area contributed by atoms with Crippen LogP contribution >= 0.6 is 0 Å². The lowest BCUT2D eigenvalue weighted by atomic mass is 9.98. The van der Waals surface area contributed by atoms with Crippen molar-refractivity contribution in [2.75, 3.05) is 13.2 Å². The number of esters is 3. The fourth-order valence-electron chi connectivity index (χ4n) is 9.09. The monoisotopic (exact) mass is 1110 g/mol. The Labute approximate surface area is 480 Å². The molecule has 0 amide bonds. The number of ether oxygens (including phenoxy) is 5. The van der Waals surface area contributed by atoms with Gasteiger partial charge < -0.3 is 39.0 Å². The molecule has 12 heteroatoms. The van der Waals surface area contributed by atoms with Gasteiger partial charge in [0.05, 0.1) is 6.61 Å². The molecule has 1 rings (SSSR count). The Kier molecular flexibility index (Phi) is 50.3. The minimum Gasteiger partial charge on any atom is -0.479 e. The van der Waals surface area contributed by atoms with E-state index in [1.165, 1.54) is 64.2 Å². The van der Waals surface area contributed by atoms with Gasteiger partial charge in [0.15, 0.2) is 24.6 Å². The molecule has 1 fully saturated rings. The number of hydrogen-bond donors (Lipinski definition) is 3. The summed E-state index contributed by atoms with van der Waals surface area (Å²) in [6.07, 6.45) is 58.2. The minimum absolute atomic E-state index is 0.0447. The SMILES string of the molecule is CC/C=C\C/C=C\C/C=C\CCCCCCCC(=O)OC(COC(=O)CCCCCCCC/C=C\C/C=C\C/C=C\CCCCC)COC1OC(C(=O)O)C(O)C(O)C1OC(=O)CCCCCCC/C=C\CCCCCCCC. The molecule has 0 bridgehead atoms. The maximum absolute atomic E-state index is 13.2. The summed E-state index contributed by atoms with van der Waals surface area (Å²) in [5.41, 5.74) is 0. The first kappa shape index (κ1) is 72.9. The molecule has 1 heterocycles. The number of aliphatic hydroxyl groups is 2. The van der Waals surface area contributed by atoms with Gasteiger partial charge in [0.2, 0.25) is 0 Å². The zero-order valence-electron chi connectivity index (χ0n) is 49.8. The molecule has 79 heavy (non-hydrogen) atoms. The lowest BCUT2D eigenvalue weighted by molar-refractivity contribution is -0.301. The number of aliphatic hydroxyl groups excluding tert-OH is 2. The zero-order valence-corrected chi connectivity index (χ0v) is 49.8. The van der Waals surface area contributed by atoms with Gasteiger partial charge in [-0.25, -0.2) is 4.79 Å². The summed E-state index contributed by atoms with van der Waals surface area (Å²) < 4.78 is 28.5. The van der Waals surface area contributed by atoms with E-state index in [0.29, 0.717) is 19.3 Å². The van der Waals surface area contributed by atoms with E-state index in [0.717, 1.165) is 141 Å². The van der Waals surface area contributed by atoms with Crippen molar-refractivity contribution in [1.29, 1.82) is 0 Å². The molecule has 0 radical (unpaired) electrons. The highest BCUT2D eigenvalue weighted by atomic mass is 16.7. The van der Waals surface area contributed by atoms with Gasteiger partial charge >= 0.3 is 23.9 Å². The van der Waals surface area contributed by atoms with Crippen LogP contribution in [-0.2, 0) is 42.9 Å². The van der Waals surface area contributed by atoms with Crippen LogP contribution in [0, 0.1) is 0 Å². The van der Waals surface area contributed by atoms with Gasteiger partial charge in [-0.1, -0.05) is 215 Å². The van der Waals surface area contributed by atoms with Gasteiger partial charge in [-0.3, -0.25) is 14.4 Å². The van der Waals surface area contributed by atoms with Crippen LogP contribution < -0.4 is 0 Å². The number of carbonyl (C=O) groups excluding carboxylic acids is 3. The van der Waals surface area contributed by atoms with Gasteiger partial charge in [-0.2, -0.15) is 0 Å². The number of carboxylic acid groups (broad SMARTS) is 1. The maximum atomic E-state index is 13.2. The van der Waals surface area contributed by atoms with E-state index < -0.39 is 67.3 Å². The van der Waals surface area contributed by atoms with Crippen molar-refractivity contribution < 1.29 is 58.2 Å². The summed E-state index contributed by atoms with van der Waals surface area (Å²) in [4.78, 5) is 51.3. The first-order chi connectivity index (χ1) is 38.6. The molecule has 0 aromatic rings. The van der Waals surface area contributed by atoms with Gasteiger partial charge in [0.25, 0.3) is 0 Å². The van der Waals surface area contributed by atoms with Crippen molar-refractivity contribution in [1.82, 2.24) is 0 Å². The highest BCUT2D eigenvalue weighted by Crippen LogP contribution is 2.26. The summed E-state index contributed by atoms with van der Waals surface area (Å²) in [6.45, 7) is 5.83. The summed E-state index contributed by atoms with van der Waals surface area (Å²) in [6, 6.07) is 0. The molecule has 0 spiro atoms. The van der Waals surface area contributed by atoms with Crippen LogP contribution in [0.4, 0.5) is 0 Å². The van der Waals surface area contributed by atoms with Crippen LogP contribution in [0.15, 0.2) is 85.1 Å². The fourth-order valence-corrected chi connectivity index (χ4v) is 9.09. The molecule has 1 aliphatic rings. The minimum atomic E-state index is -1.91. The number of allylic oxidation sites excluding steroid dienone is 14. The van der Waals surface area contributed by atoms with E-state index >= 15 is 0 Å². The Hall–Kier alpha value is -4.10. The molecule has 452 valence electrons. The largest absolute Gasteiger partial charge is 0.479 e. The quantitative estimate of drug-likeness (QED) is 0.0228. The number of aliphatic carboxylic acids is 1. The first-order valence-electron chi connectivity index (χ1n) is 31.6. The third-order valence-electron chi connectivity index (χ3n) is 13.9. The molecule has 0 aromatic heterocycles. The molecular formula is C67H112O12. The van der Waals surface area contributed by atoms with Crippen molar-refractivity contribution in [3.05, 3.63) is 85.1 Å². The Morgan fingerprint density at radius 3 is 1.25 bits per heavy atom. The third-order valence-corrected chi connectivity index (χ3v) is 13.9. The van der Waals surface area contributed by atoms with E-state index in [4.69, 9.17) is 23.7 Å². The number of rotatable bonds is 53. The Balaban J connectivity index is 2.69. The molecule has 6 atom stereocenters. The first-order valence-corrected chi connectivity index (χ1v) is 31.6. The molecule has 6 unspecified atom stereocenters. The van der Waals surface area contributed by atoms with Crippen LogP contribution in [-0.4, -0.2) is 89.2 Å². The van der Waals surface area contributed by atoms with Crippen LogP contribution in [0.2, 0.25) is 0 Å². The molecular weight excluding hydrogens is 997 g/mol. The molecule has 1 aliphatic heterocycles. The second kappa shape index (κ2) is 54.5. The molecule has 3 N–H and O–H groups in total. The van der Waals surface area contributed by atoms with Crippen LogP contribution in [0.1, 0.15) is 265 Å². The Morgan fingerprint density at radius 1 is 0.430 bits per heavy atom. The smallest absolute Gasteiger partial charge is 0.335 e. The Bertz CT molecular complexity index is 1700. The lowest BCUT2D eigenvalue weighted by Crippen LogP contribution is -2.61. The number of hydrogen-bond acceptors (Lipinski definition) is 11. The molecule has 0 saturated carbocycles. The normalized spacial score (nSPS) is 18.4. The van der Waals surface area contributed by atoms with Crippen LogP contribution in [0.3, 0.4) is 0 Å². The van der Waals surface area contributed by atoms with Crippen molar-refractivity contribution in [2.24, 2.45) is 0 Å². The van der Waals surface area contributed by atoms with Crippen molar-refractivity contribution in [3.8, 4) is 0 Å². The van der Waals surface area contributed by atoms with Gasteiger partial charge in [-0.15, -0.1) is 0 Å². The van der Waals surface area contributed by atoms with E-state index in [9.17, 15) is 34.5 Å². The van der Waals surface area contributed by atoms with Crippen molar-refractivity contribution in [3.63, 3.8) is 0 Å². The highest BCUT2D eigenvalue weighted by Gasteiger charge is 2.50. The summed E-state index contributed by atoms with van der Waals surface area (Å²) in [7, 11) is 0. The second-order valence-electron chi connectivity index (χ2n) is 21.3. The predicted octanol–water partition coefficient (Wildman–Crippen LogP) is 16.7. The lowest BCUT2D eigenvalue weighted by Gasteiger charge is -2.40. The topological polar surface area (TPSA) is 175 Å². The molecule has 0 aromatic carbocycles. The van der Waals surface area contributed by atoms with E-state index in [-0.39, 0.29) is 25.9 Å². The molecule has 12 nitrogen and oxygen atoms in total. The zero-order chi connectivity index (χ0) is 57.5. The predicted molar refractivity (Wildman–Crippen MR) is 321 cm³/mol. The van der Waals surface area contributed by atoms with Crippen LogP contribution in [0.25, 0.3) is 0 Å². The molecule has 0 aliphatic carbocycles. The third kappa shape index (κ3) is 44.3. The van der Waals surface area contributed by atoms with E-state index in [1.54, 1.807) is 0 Å². The second-order valence-corrected chi connectivity index (χ2v) is 21.3. The van der Waals surface area contributed by atoms with Gasteiger partial charge in [0, 0.05) is 19.3 Å². The highest BCUT2D eigenvalue weighted by molar-refractivity contribution is 5.74. The van der Waals surface area contributed by atoms with E-state index in [1.807, 2.05) is 0 Å². The Morgan fingerprint density at radius 2 is 0.797 bits per heavy atom.